The van der Waals surface area contributed by atoms with Gasteiger partial charge in [0, 0.05) is 55.0 Å². The van der Waals surface area contributed by atoms with Gasteiger partial charge >= 0.3 is 0 Å². The third-order valence-corrected chi connectivity index (χ3v) is 12.3. The number of hydrogen-bond donors (Lipinski definition) is 0. The normalized spacial score (nSPS) is 12.0. The van der Waals surface area contributed by atoms with Crippen molar-refractivity contribution in [1.29, 1.82) is 0 Å². The Bertz CT molecular complexity index is 3650. The summed E-state index contributed by atoms with van der Waals surface area (Å²) in [5.41, 5.74) is 14.6. The van der Waals surface area contributed by atoms with Crippen molar-refractivity contribution in [2.45, 2.75) is 0 Å². The molecule has 0 unspecified atom stereocenters. The number of fused-ring (bicyclic) bond motifs is 13. The van der Waals surface area contributed by atoms with E-state index in [0.717, 1.165) is 33.4 Å². The van der Waals surface area contributed by atoms with Crippen molar-refractivity contribution in [2.75, 3.05) is 0 Å². The third kappa shape index (κ3) is 4.77. The lowest BCUT2D eigenvalue weighted by Gasteiger charge is -2.15. The first-order valence-electron chi connectivity index (χ1n) is 20.4. The molecule has 0 N–H and O–H groups in total. The molecular formula is C55H33N5. The van der Waals surface area contributed by atoms with Gasteiger partial charge in [-0.15, -0.1) is 0 Å². The molecule has 0 radical (unpaired) electrons. The Morgan fingerprint density at radius 1 is 0.317 bits per heavy atom. The summed E-state index contributed by atoms with van der Waals surface area (Å²) >= 11 is 0. The van der Waals surface area contributed by atoms with Gasteiger partial charge in [0.1, 0.15) is 0 Å². The van der Waals surface area contributed by atoms with Gasteiger partial charge in [0.15, 0.2) is 17.5 Å². The summed E-state index contributed by atoms with van der Waals surface area (Å²) in [6.07, 6.45) is 0. The summed E-state index contributed by atoms with van der Waals surface area (Å²) < 4.78 is 4.95. The lowest BCUT2D eigenvalue weighted by Crippen LogP contribution is -2.01. The standard InChI is InChI=1S/C55H33N5/c1-3-16-35(17-4-1)53-56-54(36-18-5-2-6-19-36)58-55(57-53)37-20-13-21-38(31-37)59-48-30-29-34-15-7-8-22-39(34)51(48)46-33-49-45(32-50(46)59)41-24-10-9-23-40(41)43-26-14-27-44-42-25-11-12-28-47(42)60(49)52(43)44/h1-33H. The van der Waals surface area contributed by atoms with E-state index in [1.54, 1.807) is 0 Å². The predicted octanol–water partition coefficient (Wildman–Crippen LogP) is 13.9. The average Bonchev–Trinajstić information content (AvgIpc) is 3.80. The molecule has 12 aromatic rings. The summed E-state index contributed by atoms with van der Waals surface area (Å²) in [5.74, 6) is 1.91. The molecule has 9 aromatic carbocycles. The second-order valence-electron chi connectivity index (χ2n) is 15.6. The van der Waals surface area contributed by atoms with E-state index in [9.17, 15) is 0 Å². The van der Waals surface area contributed by atoms with Crippen LogP contribution in [0.5, 0.6) is 0 Å². The first kappa shape index (κ1) is 32.9. The van der Waals surface area contributed by atoms with Crippen LogP contribution in [0.15, 0.2) is 200 Å². The van der Waals surface area contributed by atoms with E-state index in [-0.39, 0.29) is 0 Å². The molecule has 0 bridgehead atoms. The number of nitrogens with zero attached hydrogens (tertiary/aromatic N) is 5. The largest absolute Gasteiger partial charge is 0.309 e. The second-order valence-corrected chi connectivity index (χ2v) is 15.6. The van der Waals surface area contributed by atoms with Gasteiger partial charge < -0.3 is 9.13 Å². The quantitative estimate of drug-likeness (QED) is 0.179. The van der Waals surface area contributed by atoms with E-state index in [4.69, 9.17) is 15.0 Å². The SMILES string of the molecule is c1ccc(-c2nc(-c3ccccc3)nc(-c3cccc(-n4c5cc6c(cc5c5c7ccccc7ccc54)-n4c5ccccc5c5cccc(c54)-c4ccccc4-6)c3)n2)cc1. The molecule has 5 nitrogen and oxygen atoms in total. The van der Waals surface area contributed by atoms with Crippen molar-refractivity contribution in [3.8, 4) is 67.8 Å². The fourth-order valence-corrected chi connectivity index (χ4v) is 9.66. The smallest absolute Gasteiger partial charge is 0.164 e. The molecule has 1 aliphatic rings. The van der Waals surface area contributed by atoms with Gasteiger partial charge in [-0.05, 0) is 58.3 Å². The van der Waals surface area contributed by atoms with Crippen molar-refractivity contribution in [3.63, 3.8) is 0 Å². The van der Waals surface area contributed by atoms with Gasteiger partial charge in [-0.3, -0.25) is 0 Å². The van der Waals surface area contributed by atoms with Crippen LogP contribution in [0.2, 0.25) is 0 Å². The highest BCUT2D eigenvalue weighted by Gasteiger charge is 2.27. The number of hydrogen-bond acceptors (Lipinski definition) is 3. The molecule has 278 valence electrons. The summed E-state index contributed by atoms with van der Waals surface area (Å²) in [6, 6.07) is 71.6. The Morgan fingerprint density at radius 3 is 1.67 bits per heavy atom. The monoisotopic (exact) mass is 763 g/mol. The molecule has 60 heavy (non-hydrogen) atoms. The third-order valence-electron chi connectivity index (χ3n) is 12.3. The highest BCUT2D eigenvalue weighted by Crippen LogP contribution is 2.49. The van der Waals surface area contributed by atoms with Crippen molar-refractivity contribution in [2.24, 2.45) is 0 Å². The van der Waals surface area contributed by atoms with Crippen LogP contribution >= 0.6 is 0 Å². The zero-order valence-corrected chi connectivity index (χ0v) is 32.3. The Labute approximate surface area is 345 Å². The number of aromatic nitrogens is 5. The van der Waals surface area contributed by atoms with Crippen LogP contribution in [0, 0.1) is 0 Å². The predicted molar refractivity (Wildman–Crippen MR) is 247 cm³/mol. The van der Waals surface area contributed by atoms with E-state index in [2.05, 4.69) is 149 Å². The van der Waals surface area contributed by atoms with Crippen LogP contribution in [0.3, 0.4) is 0 Å². The topological polar surface area (TPSA) is 48.5 Å². The van der Waals surface area contributed by atoms with E-state index >= 15 is 0 Å². The number of para-hydroxylation sites is 2. The van der Waals surface area contributed by atoms with Gasteiger partial charge in [0.05, 0.1) is 27.8 Å². The fraction of sp³-hybridized carbons (Fsp3) is 0. The molecule has 0 aliphatic carbocycles. The Kier molecular flexibility index (Phi) is 6.95. The van der Waals surface area contributed by atoms with Gasteiger partial charge in [0.25, 0.3) is 0 Å². The molecule has 0 fully saturated rings. The molecular weight excluding hydrogens is 731 g/mol. The molecule has 0 amide bonds. The Balaban J connectivity index is 1.12. The minimum Gasteiger partial charge on any atom is -0.309 e. The first-order chi connectivity index (χ1) is 29.8. The minimum absolute atomic E-state index is 0.625. The van der Waals surface area contributed by atoms with Crippen molar-refractivity contribution in [3.05, 3.63) is 200 Å². The van der Waals surface area contributed by atoms with Crippen LogP contribution in [0.1, 0.15) is 0 Å². The molecule has 0 spiro atoms. The van der Waals surface area contributed by atoms with E-state index in [1.807, 2.05) is 60.7 Å². The average molecular weight is 764 g/mol. The van der Waals surface area contributed by atoms with E-state index < -0.39 is 0 Å². The van der Waals surface area contributed by atoms with Crippen LogP contribution in [0.4, 0.5) is 0 Å². The summed E-state index contributed by atoms with van der Waals surface area (Å²) in [4.78, 5) is 15.2. The van der Waals surface area contributed by atoms with Crippen LogP contribution in [-0.4, -0.2) is 24.1 Å². The maximum Gasteiger partial charge on any atom is 0.164 e. The van der Waals surface area contributed by atoms with Crippen molar-refractivity contribution >= 4 is 54.4 Å². The van der Waals surface area contributed by atoms with Crippen LogP contribution < -0.4 is 0 Å². The molecule has 4 heterocycles. The van der Waals surface area contributed by atoms with Crippen molar-refractivity contribution < 1.29 is 0 Å². The second kappa shape index (κ2) is 12.7. The Morgan fingerprint density at radius 2 is 0.900 bits per heavy atom. The van der Waals surface area contributed by atoms with Crippen LogP contribution in [-0.2, 0) is 0 Å². The number of rotatable bonds is 4. The molecule has 3 aromatic heterocycles. The van der Waals surface area contributed by atoms with E-state index in [0.29, 0.717) is 17.5 Å². The molecule has 1 aliphatic heterocycles. The Hall–Kier alpha value is -8.15. The summed E-state index contributed by atoms with van der Waals surface area (Å²) in [5, 5.41) is 7.39. The van der Waals surface area contributed by atoms with Crippen LogP contribution in [0.25, 0.3) is 122 Å². The molecule has 0 saturated heterocycles. The van der Waals surface area contributed by atoms with Gasteiger partial charge in [0.2, 0.25) is 0 Å². The minimum atomic E-state index is 0.625. The fourth-order valence-electron chi connectivity index (χ4n) is 9.66. The lowest BCUT2D eigenvalue weighted by atomic mass is 9.93. The van der Waals surface area contributed by atoms with E-state index in [1.165, 1.54) is 71.3 Å². The van der Waals surface area contributed by atoms with Gasteiger partial charge in [-0.1, -0.05) is 164 Å². The number of benzene rings is 9. The lowest BCUT2D eigenvalue weighted by molar-refractivity contribution is 1.07. The summed E-state index contributed by atoms with van der Waals surface area (Å²) in [6.45, 7) is 0. The maximum absolute atomic E-state index is 5.10. The molecule has 0 saturated carbocycles. The van der Waals surface area contributed by atoms with Gasteiger partial charge in [-0.2, -0.15) is 0 Å². The maximum atomic E-state index is 5.10. The van der Waals surface area contributed by atoms with Crippen molar-refractivity contribution in [1.82, 2.24) is 24.1 Å². The molecule has 5 heteroatoms. The highest BCUT2D eigenvalue weighted by atomic mass is 15.0. The molecule has 13 rings (SSSR count). The zero-order chi connectivity index (χ0) is 39.3. The summed E-state index contributed by atoms with van der Waals surface area (Å²) in [7, 11) is 0. The van der Waals surface area contributed by atoms with Gasteiger partial charge in [-0.25, -0.2) is 15.0 Å². The highest BCUT2D eigenvalue weighted by molar-refractivity contribution is 6.23. The molecule has 0 atom stereocenters. The zero-order valence-electron chi connectivity index (χ0n) is 32.3. The first-order valence-corrected chi connectivity index (χ1v) is 20.4.